The Kier molecular flexibility index (Phi) is 2.68. The van der Waals surface area contributed by atoms with Crippen LogP contribution in [-0.2, 0) is 0 Å². The van der Waals surface area contributed by atoms with Crippen LogP contribution in [0.4, 0.5) is 5.69 Å². The van der Waals surface area contributed by atoms with Crippen molar-refractivity contribution in [3.63, 3.8) is 0 Å². The maximum absolute atomic E-state index is 5.63. The third-order valence-corrected chi connectivity index (χ3v) is 2.28. The fraction of sp³-hybridized carbons (Fsp3) is 0.0769. The fourth-order valence-corrected chi connectivity index (χ4v) is 1.36. The smallest absolute Gasteiger partial charge is 0.0892 e. The lowest BCUT2D eigenvalue weighted by Crippen LogP contribution is -1.92. The molecule has 0 fully saturated rings. The molecule has 0 bridgehead atoms. The van der Waals surface area contributed by atoms with Gasteiger partial charge in [-0.3, -0.25) is 4.98 Å². The van der Waals surface area contributed by atoms with E-state index in [9.17, 15) is 0 Å². The molecule has 1 heterocycles. The predicted molar refractivity (Wildman–Crippen MR) is 66.6 cm³/mol. The lowest BCUT2D eigenvalue weighted by atomic mass is 10.1. The van der Waals surface area contributed by atoms with Crippen molar-refractivity contribution >= 4 is 11.3 Å². The maximum atomic E-state index is 5.63. The molecule has 80 valence electrons. The first-order valence-electron chi connectivity index (χ1n) is 5.00. The zero-order valence-corrected chi connectivity index (χ0v) is 9.14. The normalized spacial score (nSPS) is 10.1. The molecule has 2 rings (SSSR count). The van der Waals surface area contributed by atoms with E-state index in [4.69, 9.17) is 5.73 Å². The molecule has 0 aliphatic carbocycles. The third kappa shape index (κ3) is 2.08. The molecule has 0 amide bonds. The second-order valence-electron chi connectivity index (χ2n) is 3.69. The van der Waals surface area contributed by atoms with Crippen molar-refractivity contribution in [1.82, 2.24) is 9.97 Å². The molecule has 3 nitrogen and oxygen atoms in total. The van der Waals surface area contributed by atoms with Crippen molar-refractivity contribution < 1.29 is 0 Å². The van der Waals surface area contributed by atoms with E-state index in [1.165, 1.54) is 0 Å². The minimum Gasteiger partial charge on any atom is -0.399 e. The monoisotopic (exact) mass is 211 g/mol. The number of nitrogens with zero attached hydrogens (tertiary/aromatic N) is 2. The van der Waals surface area contributed by atoms with Gasteiger partial charge in [0.25, 0.3) is 0 Å². The van der Waals surface area contributed by atoms with Gasteiger partial charge in [-0.25, -0.2) is 4.98 Å². The van der Waals surface area contributed by atoms with Crippen molar-refractivity contribution in [1.29, 1.82) is 0 Å². The van der Waals surface area contributed by atoms with Crippen LogP contribution in [0.2, 0.25) is 0 Å². The van der Waals surface area contributed by atoms with Crippen LogP contribution in [0, 0.1) is 0 Å². The molecule has 16 heavy (non-hydrogen) atoms. The van der Waals surface area contributed by atoms with E-state index in [-0.39, 0.29) is 0 Å². The average Bonchev–Trinajstić information content (AvgIpc) is 2.30. The number of benzene rings is 1. The van der Waals surface area contributed by atoms with Gasteiger partial charge in [0.2, 0.25) is 0 Å². The van der Waals surface area contributed by atoms with Crippen molar-refractivity contribution in [2.45, 2.75) is 6.92 Å². The van der Waals surface area contributed by atoms with Gasteiger partial charge in [-0.05, 0) is 24.6 Å². The summed E-state index contributed by atoms with van der Waals surface area (Å²) in [5, 5.41) is 0. The third-order valence-electron chi connectivity index (χ3n) is 2.28. The number of nitrogens with two attached hydrogens (primary N) is 1. The molecular weight excluding hydrogens is 198 g/mol. The van der Waals surface area contributed by atoms with Crippen LogP contribution in [0.15, 0.2) is 43.2 Å². The summed E-state index contributed by atoms with van der Waals surface area (Å²) in [5.74, 6) is 0. The number of hydrogen-bond donors (Lipinski definition) is 1. The number of allylic oxidation sites excluding steroid dienone is 1. The highest BCUT2D eigenvalue weighted by Gasteiger charge is 2.02. The van der Waals surface area contributed by atoms with Gasteiger partial charge in [0.05, 0.1) is 23.8 Å². The molecule has 0 saturated heterocycles. The molecule has 0 saturated carbocycles. The highest BCUT2D eigenvalue weighted by atomic mass is 14.8. The van der Waals surface area contributed by atoms with E-state index in [0.717, 1.165) is 28.2 Å². The molecule has 2 N–H and O–H groups in total. The molecule has 2 aromatic rings. The summed E-state index contributed by atoms with van der Waals surface area (Å²) in [6, 6.07) is 7.57. The van der Waals surface area contributed by atoms with Gasteiger partial charge in [0.15, 0.2) is 0 Å². The Balaban J connectivity index is 2.44. The summed E-state index contributed by atoms with van der Waals surface area (Å²) in [7, 11) is 0. The van der Waals surface area contributed by atoms with E-state index in [1.807, 2.05) is 31.2 Å². The van der Waals surface area contributed by atoms with Gasteiger partial charge >= 0.3 is 0 Å². The Morgan fingerprint density at radius 2 is 1.88 bits per heavy atom. The van der Waals surface area contributed by atoms with E-state index in [1.54, 1.807) is 12.4 Å². The van der Waals surface area contributed by atoms with Crippen LogP contribution in [0.1, 0.15) is 12.6 Å². The van der Waals surface area contributed by atoms with E-state index >= 15 is 0 Å². The van der Waals surface area contributed by atoms with Gasteiger partial charge < -0.3 is 5.73 Å². The lowest BCUT2D eigenvalue weighted by Gasteiger charge is -2.03. The molecule has 0 atom stereocenters. The number of anilines is 1. The van der Waals surface area contributed by atoms with Crippen molar-refractivity contribution in [2.24, 2.45) is 0 Å². The summed E-state index contributed by atoms with van der Waals surface area (Å²) in [6.07, 6.45) is 3.45. The summed E-state index contributed by atoms with van der Waals surface area (Å²) in [6.45, 7) is 5.77. The van der Waals surface area contributed by atoms with E-state index in [0.29, 0.717) is 0 Å². The zero-order chi connectivity index (χ0) is 11.5. The SMILES string of the molecule is C=C(C)c1cncc(-c2ccc(N)cc2)n1. The van der Waals surface area contributed by atoms with Crippen LogP contribution in [-0.4, -0.2) is 9.97 Å². The molecule has 0 aliphatic rings. The quantitative estimate of drug-likeness (QED) is 0.777. The molecule has 0 aliphatic heterocycles. The average molecular weight is 211 g/mol. The van der Waals surface area contributed by atoms with Crippen LogP contribution in [0.3, 0.4) is 0 Å². The molecule has 1 aromatic heterocycles. The Labute approximate surface area is 94.7 Å². The second-order valence-corrected chi connectivity index (χ2v) is 3.69. The number of nitrogen functional groups attached to an aromatic ring is 1. The highest BCUT2D eigenvalue weighted by molar-refractivity contribution is 5.64. The number of aromatic nitrogens is 2. The minimum absolute atomic E-state index is 0.743. The summed E-state index contributed by atoms with van der Waals surface area (Å²) < 4.78 is 0. The van der Waals surface area contributed by atoms with Crippen molar-refractivity contribution in [3.05, 3.63) is 48.9 Å². The first-order chi connectivity index (χ1) is 7.66. The van der Waals surface area contributed by atoms with E-state index < -0.39 is 0 Å². The first kappa shape index (κ1) is 10.4. The van der Waals surface area contributed by atoms with Crippen LogP contribution >= 0.6 is 0 Å². The highest BCUT2D eigenvalue weighted by Crippen LogP contribution is 2.19. The molecular formula is C13H13N3. The Hall–Kier alpha value is -2.16. The topological polar surface area (TPSA) is 51.8 Å². The van der Waals surface area contributed by atoms with Crippen LogP contribution in [0.25, 0.3) is 16.8 Å². The van der Waals surface area contributed by atoms with Gasteiger partial charge in [0, 0.05) is 11.3 Å². The molecule has 0 spiro atoms. The van der Waals surface area contributed by atoms with Crippen molar-refractivity contribution in [3.8, 4) is 11.3 Å². The first-order valence-corrected chi connectivity index (χ1v) is 5.00. The van der Waals surface area contributed by atoms with Gasteiger partial charge in [-0.15, -0.1) is 0 Å². The Bertz CT molecular complexity index is 515. The summed E-state index contributed by atoms with van der Waals surface area (Å²) in [4.78, 5) is 8.62. The predicted octanol–water partition coefficient (Wildman–Crippen LogP) is 2.76. The zero-order valence-electron chi connectivity index (χ0n) is 9.14. The fourth-order valence-electron chi connectivity index (χ4n) is 1.36. The van der Waals surface area contributed by atoms with Crippen LogP contribution < -0.4 is 5.73 Å². The summed E-state index contributed by atoms with van der Waals surface area (Å²) in [5.41, 5.74) is 9.94. The summed E-state index contributed by atoms with van der Waals surface area (Å²) >= 11 is 0. The van der Waals surface area contributed by atoms with Crippen molar-refractivity contribution in [2.75, 3.05) is 5.73 Å². The second kappa shape index (κ2) is 4.14. The van der Waals surface area contributed by atoms with E-state index in [2.05, 4.69) is 16.5 Å². The number of rotatable bonds is 2. The Morgan fingerprint density at radius 1 is 1.19 bits per heavy atom. The largest absolute Gasteiger partial charge is 0.399 e. The van der Waals surface area contributed by atoms with Gasteiger partial charge in [-0.2, -0.15) is 0 Å². The van der Waals surface area contributed by atoms with Crippen LogP contribution in [0.5, 0.6) is 0 Å². The van der Waals surface area contributed by atoms with Gasteiger partial charge in [0.1, 0.15) is 0 Å². The maximum Gasteiger partial charge on any atom is 0.0892 e. The molecule has 0 radical (unpaired) electrons. The molecule has 3 heteroatoms. The van der Waals surface area contributed by atoms with Gasteiger partial charge in [-0.1, -0.05) is 18.7 Å². The molecule has 0 unspecified atom stereocenters. The standard InChI is InChI=1S/C13H13N3/c1-9(2)12-7-15-8-13(16-12)10-3-5-11(14)6-4-10/h3-8H,1,14H2,2H3. The lowest BCUT2D eigenvalue weighted by molar-refractivity contribution is 1.17. The number of hydrogen-bond acceptors (Lipinski definition) is 3. The minimum atomic E-state index is 0.743. The molecule has 1 aromatic carbocycles. The Morgan fingerprint density at radius 3 is 2.50 bits per heavy atom.